The summed E-state index contributed by atoms with van der Waals surface area (Å²) in [6, 6.07) is -0.560. The molecule has 0 aromatic carbocycles. The maximum Gasteiger partial charge on any atom is 0.326 e. The number of urea groups is 1. The Balaban J connectivity index is 2.65. The van der Waals surface area contributed by atoms with Gasteiger partial charge in [0.05, 0.1) is 6.10 Å². The predicted octanol–water partition coefficient (Wildman–Crippen LogP) is 0.268. The van der Waals surface area contributed by atoms with Gasteiger partial charge in [0, 0.05) is 0 Å². The molecule has 0 aromatic rings. The molecule has 0 spiro atoms. The van der Waals surface area contributed by atoms with Gasteiger partial charge in [-0.1, -0.05) is 0 Å². The molecule has 3 amide bonds. The summed E-state index contributed by atoms with van der Waals surface area (Å²) in [5.74, 6) is -1.01. The quantitative estimate of drug-likeness (QED) is 0.555. The molecule has 1 aliphatic heterocycles. The molecule has 0 radical (unpaired) electrons. The summed E-state index contributed by atoms with van der Waals surface area (Å²) in [5.41, 5.74) is -0.949. The van der Waals surface area contributed by atoms with Crippen molar-refractivity contribution in [2.75, 3.05) is 6.54 Å². The van der Waals surface area contributed by atoms with Gasteiger partial charge in [0.1, 0.15) is 12.1 Å². The largest absolute Gasteiger partial charge is 0.462 e. The van der Waals surface area contributed by atoms with E-state index in [0.717, 1.165) is 4.90 Å². The van der Waals surface area contributed by atoms with Gasteiger partial charge in [-0.15, -0.1) is 0 Å². The molecule has 0 aromatic heterocycles. The number of amides is 3. The Hall–Kier alpha value is -1.59. The van der Waals surface area contributed by atoms with Crippen LogP contribution in [-0.2, 0) is 14.3 Å². The number of nitrogens with one attached hydrogen (secondary N) is 1. The molecule has 6 heteroatoms. The number of imide groups is 1. The van der Waals surface area contributed by atoms with Crippen molar-refractivity contribution in [3.8, 4) is 0 Å². The predicted molar refractivity (Wildman–Crippen MR) is 55.6 cm³/mol. The van der Waals surface area contributed by atoms with Crippen molar-refractivity contribution >= 4 is 17.9 Å². The third kappa shape index (κ3) is 2.50. The summed E-state index contributed by atoms with van der Waals surface area (Å²) in [4.78, 5) is 35.3. The van der Waals surface area contributed by atoms with E-state index in [4.69, 9.17) is 4.74 Å². The number of rotatable bonds is 3. The Morgan fingerprint density at radius 1 is 1.44 bits per heavy atom. The van der Waals surface area contributed by atoms with E-state index in [0.29, 0.717) is 0 Å². The molecule has 1 heterocycles. The number of nitrogens with zero attached hydrogens (tertiary/aromatic N) is 1. The average molecular weight is 228 g/mol. The van der Waals surface area contributed by atoms with Gasteiger partial charge >= 0.3 is 12.0 Å². The van der Waals surface area contributed by atoms with Gasteiger partial charge in [-0.25, -0.2) is 4.79 Å². The molecule has 1 aliphatic rings. The van der Waals surface area contributed by atoms with Gasteiger partial charge in [0.2, 0.25) is 0 Å². The lowest BCUT2D eigenvalue weighted by Gasteiger charge is -2.16. The highest BCUT2D eigenvalue weighted by Gasteiger charge is 2.45. The van der Waals surface area contributed by atoms with Crippen molar-refractivity contribution in [1.29, 1.82) is 0 Å². The van der Waals surface area contributed by atoms with Crippen LogP contribution in [0.4, 0.5) is 4.79 Å². The van der Waals surface area contributed by atoms with Crippen LogP contribution >= 0.6 is 0 Å². The first-order valence-corrected chi connectivity index (χ1v) is 5.07. The third-order valence-corrected chi connectivity index (χ3v) is 2.10. The molecule has 1 saturated heterocycles. The van der Waals surface area contributed by atoms with E-state index in [1.165, 1.54) is 0 Å². The van der Waals surface area contributed by atoms with Crippen LogP contribution in [0.2, 0.25) is 0 Å². The molecular formula is C10H16N2O4. The zero-order valence-corrected chi connectivity index (χ0v) is 9.86. The van der Waals surface area contributed by atoms with E-state index >= 15 is 0 Å². The Morgan fingerprint density at radius 3 is 2.38 bits per heavy atom. The molecule has 1 rings (SSSR count). The molecule has 0 aliphatic carbocycles. The summed E-state index contributed by atoms with van der Waals surface area (Å²) in [6.07, 6.45) is -0.263. The lowest BCUT2D eigenvalue weighted by molar-refractivity contribution is -0.150. The fraction of sp³-hybridized carbons (Fsp3) is 0.700. The van der Waals surface area contributed by atoms with E-state index in [1.807, 2.05) is 0 Å². The molecule has 0 atom stereocenters. The highest BCUT2D eigenvalue weighted by Crippen LogP contribution is 2.16. The van der Waals surface area contributed by atoms with Crippen molar-refractivity contribution < 1.29 is 19.1 Å². The minimum Gasteiger partial charge on any atom is -0.462 e. The number of hydrogen-bond acceptors (Lipinski definition) is 4. The number of esters is 1. The highest BCUT2D eigenvalue weighted by molar-refractivity contribution is 6.08. The second-order valence-corrected chi connectivity index (χ2v) is 4.49. The van der Waals surface area contributed by atoms with Gasteiger partial charge < -0.3 is 10.1 Å². The molecule has 16 heavy (non-hydrogen) atoms. The first-order chi connectivity index (χ1) is 7.24. The van der Waals surface area contributed by atoms with E-state index in [9.17, 15) is 14.4 Å². The Morgan fingerprint density at radius 2 is 2.00 bits per heavy atom. The third-order valence-electron chi connectivity index (χ3n) is 2.10. The number of hydrogen-bond donors (Lipinski definition) is 1. The van der Waals surface area contributed by atoms with Crippen LogP contribution in [0.15, 0.2) is 0 Å². The van der Waals surface area contributed by atoms with Gasteiger partial charge in [-0.05, 0) is 27.7 Å². The molecule has 90 valence electrons. The summed E-state index contributed by atoms with van der Waals surface area (Å²) >= 11 is 0. The number of carbonyl (C=O) groups is 3. The molecule has 0 saturated carbocycles. The molecule has 0 bridgehead atoms. The lowest BCUT2D eigenvalue weighted by Crippen LogP contribution is -2.41. The topological polar surface area (TPSA) is 75.7 Å². The fourth-order valence-corrected chi connectivity index (χ4v) is 1.39. The van der Waals surface area contributed by atoms with E-state index < -0.39 is 23.4 Å². The van der Waals surface area contributed by atoms with E-state index in [-0.39, 0.29) is 12.6 Å². The highest BCUT2D eigenvalue weighted by atomic mass is 16.5. The Bertz CT molecular complexity index is 336. The SMILES string of the molecule is CC(C)OC(=O)CN1C(=O)NC(C)(C)C1=O. The lowest BCUT2D eigenvalue weighted by atomic mass is 10.1. The van der Waals surface area contributed by atoms with Crippen molar-refractivity contribution in [2.45, 2.75) is 39.3 Å². The first kappa shape index (κ1) is 12.5. The van der Waals surface area contributed by atoms with Gasteiger partial charge in [-0.2, -0.15) is 0 Å². The van der Waals surface area contributed by atoms with Crippen LogP contribution in [0.1, 0.15) is 27.7 Å². The van der Waals surface area contributed by atoms with Crippen LogP contribution < -0.4 is 5.32 Å². The smallest absolute Gasteiger partial charge is 0.326 e. The number of carbonyl (C=O) groups excluding carboxylic acids is 3. The van der Waals surface area contributed by atoms with E-state index in [1.54, 1.807) is 27.7 Å². The van der Waals surface area contributed by atoms with Gasteiger partial charge in [0.15, 0.2) is 0 Å². The van der Waals surface area contributed by atoms with Gasteiger partial charge in [-0.3, -0.25) is 14.5 Å². The molecule has 1 fully saturated rings. The minimum atomic E-state index is -0.949. The Kier molecular flexibility index (Phi) is 3.21. The zero-order chi connectivity index (χ0) is 12.5. The van der Waals surface area contributed by atoms with Crippen LogP contribution in [0, 0.1) is 0 Å². The molecular weight excluding hydrogens is 212 g/mol. The second kappa shape index (κ2) is 4.11. The first-order valence-electron chi connectivity index (χ1n) is 5.07. The normalized spacial score (nSPS) is 18.9. The van der Waals surface area contributed by atoms with E-state index in [2.05, 4.69) is 5.32 Å². The van der Waals surface area contributed by atoms with Crippen molar-refractivity contribution in [1.82, 2.24) is 10.2 Å². The minimum absolute atomic E-state index is 0.263. The summed E-state index contributed by atoms with van der Waals surface area (Å²) < 4.78 is 4.86. The average Bonchev–Trinajstić information content (AvgIpc) is 2.26. The Labute approximate surface area is 93.9 Å². The molecule has 6 nitrogen and oxygen atoms in total. The van der Waals surface area contributed by atoms with Crippen LogP contribution in [0.5, 0.6) is 0 Å². The fourth-order valence-electron chi connectivity index (χ4n) is 1.39. The van der Waals surface area contributed by atoms with Gasteiger partial charge in [0.25, 0.3) is 5.91 Å². The second-order valence-electron chi connectivity index (χ2n) is 4.49. The van der Waals surface area contributed by atoms with Crippen molar-refractivity contribution in [2.24, 2.45) is 0 Å². The summed E-state index contributed by atoms with van der Waals surface area (Å²) in [6.45, 7) is 6.23. The summed E-state index contributed by atoms with van der Waals surface area (Å²) in [7, 11) is 0. The maximum absolute atomic E-state index is 11.7. The van der Waals surface area contributed by atoms with Crippen molar-refractivity contribution in [3.05, 3.63) is 0 Å². The summed E-state index contributed by atoms with van der Waals surface area (Å²) in [5, 5.41) is 2.48. The monoisotopic (exact) mass is 228 g/mol. The molecule has 0 unspecified atom stereocenters. The number of ether oxygens (including phenoxy) is 1. The van der Waals surface area contributed by atoms with Crippen LogP contribution in [0.3, 0.4) is 0 Å². The zero-order valence-electron chi connectivity index (χ0n) is 9.86. The van der Waals surface area contributed by atoms with Crippen LogP contribution in [-0.4, -0.2) is 41.0 Å². The molecule has 1 N–H and O–H groups in total. The standard InChI is InChI=1S/C10H16N2O4/c1-6(2)16-7(13)5-12-8(14)10(3,4)11-9(12)15/h6H,5H2,1-4H3,(H,11,15). The van der Waals surface area contributed by atoms with Crippen LogP contribution in [0.25, 0.3) is 0 Å². The van der Waals surface area contributed by atoms with Crippen molar-refractivity contribution in [3.63, 3.8) is 0 Å². The maximum atomic E-state index is 11.7.